The van der Waals surface area contributed by atoms with Crippen molar-refractivity contribution >= 4 is 46.9 Å². The Hall–Kier alpha value is -5.37. The Morgan fingerprint density at radius 3 is 2.24 bits per heavy atom. The van der Waals surface area contributed by atoms with Gasteiger partial charge in [0.2, 0.25) is 11.8 Å². The quantitative estimate of drug-likeness (QED) is 0.141. The van der Waals surface area contributed by atoms with Crippen LogP contribution in [0, 0.1) is 11.8 Å². The molecule has 1 aromatic heterocycles. The van der Waals surface area contributed by atoms with Gasteiger partial charge in [-0.1, -0.05) is 45.7 Å². The predicted octanol–water partition coefficient (Wildman–Crippen LogP) is 7.42. The van der Waals surface area contributed by atoms with E-state index in [2.05, 4.69) is 21.7 Å². The molecule has 0 aliphatic carbocycles. The molecule has 0 radical (unpaired) electrons. The van der Waals surface area contributed by atoms with Gasteiger partial charge in [-0.15, -0.1) is 0 Å². The predicted molar refractivity (Wildman–Crippen MR) is 220 cm³/mol. The maximum atomic E-state index is 13.8. The third-order valence-electron chi connectivity index (χ3n) is 11.9. The fourth-order valence-corrected chi connectivity index (χ4v) is 8.78. The number of ether oxygens (including phenoxy) is 3. The van der Waals surface area contributed by atoms with Gasteiger partial charge in [-0.2, -0.15) is 0 Å². The molecule has 4 aliphatic heterocycles. The molecule has 5 atom stereocenters. The van der Waals surface area contributed by atoms with Gasteiger partial charge in [-0.25, -0.2) is 14.6 Å². The van der Waals surface area contributed by atoms with Gasteiger partial charge >= 0.3 is 12.2 Å². The number of carbonyl (C=O) groups excluding carboxylic acids is 4. The number of benzene rings is 2. The topological polar surface area (TPSA) is 168 Å². The summed E-state index contributed by atoms with van der Waals surface area (Å²) in [4.78, 5) is 68.2. The number of hydrogen-bond donors (Lipinski definition) is 3. The number of imidazole rings is 1. The van der Waals surface area contributed by atoms with Gasteiger partial charge < -0.3 is 39.6 Å². The number of fused-ring (bicyclic) bond motifs is 2. The lowest BCUT2D eigenvalue weighted by molar-refractivity contribution is -0.135. The summed E-state index contributed by atoms with van der Waals surface area (Å²) in [6, 6.07) is 8.19. The Bertz CT molecular complexity index is 2150. The van der Waals surface area contributed by atoms with Gasteiger partial charge in [0.15, 0.2) is 0 Å². The second-order valence-electron chi connectivity index (χ2n) is 15.9. The summed E-state index contributed by atoms with van der Waals surface area (Å²) in [6.07, 6.45) is 7.51. The SMILES string of the molecule is CC[C@H](C)[C@H](NC(=O)OC)C(=O)N1CCC[C@H]1C1=NC=C(c2cc3c(cc2Cl)Cc2cc(-c4cnc([C@@H]5CCCN5C(=O)[C@@H](NC(=O)OC)C(C)C)[nH]4)ccc2O3)C1. The number of alkyl carbamates (subject to hydrolysis) is 2. The van der Waals surface area contributed by atoms with Crippen LogP contribution in [0.4, 0.5) is 9.59 Å². The van der Waals surface area contributed by atoms with Crippen molar-refractivity contribution in [2.45, 2.75) is 96.8 Å². The van der Waals surface area contributed by atoms with E-state index in [1.807, 2.05) is 63.1 Å². The van der Waals surface area contributed by atoms with E-state index in [0.717, 1.165) is 82.8 Å². The zero-order valence-corrected chi connectivity index (χ0v) is 34.7. The molecule has 7 rings (SSSR count). The van der Waals surface area contributed by atoms with Gasteiger partial charge in [-0.3, -0.25) is 14.6 Å². The van der Waals surface area contributed by atoms with Gasteiger partial charge in [0.1, 0.15) is 29.4 Å². The van der Waals surface area contributed by atoms with Crippen LogP contribution in [0.3, 0.4) is 0 Å². The number of halogens is 1. The van der Waals surface area contributed by atoms with Crippen LogP contribution in [-0.2, 0) is 25.5 Å². The van der Waals surface area contributed by atoms with Crippen molar-refractivity contribution in [3.05, 3.63) is 70.3 Å². The van der Waals surface area contributed by atoms with Crippen molar-refractivity contribution in [2.24, 2.45) is 16.8 Å². The van der Waals surface area contributed by atoms with Gasteiger partial charge in [0.25, 0.3) is 0 Å². The lowest BCUT2D eigenvalue weighted by atomic mass is 9.93. The molecule has 5 heterocycles. The van der Waals surface area contributed by atoms with Crippen LogP contribution in [0.1, 0.15) is 94.8 Å². The Labute approximate surface area is 343 Å². The summed E-state index contributed by atoms with van der Waals surface area (Å²) in [6.45, 7) is 8.92. The number of allylic oxidation sites excluding steroid dienone is 1. The molecule has 15 heteroatoms. The van der Waals surface area contributed by atoms with Crippen LogP contribution in [0.2, 0.25) is 5.02 Å². The zero-order chi connectivity index (χ0) is 41.2. The third kappa shape index (κ3) is 8.16. The Morgan fingerprint density at radius 1 is 0.897 bits per heavy atom. The van der Waals surface area contributed by atoms with E-state index in [4.69, 9.17) is 35.8 Å². The van der Waals surface area contributed by atoms with E-state index in [1.165, 1.54) is 14.2 Å². The second kappa shape index (κ2) is 17.2. The van der Waals surface area contributed by atoms with E-state index < -0.39 is 24.3 Å². The number of methoxy groups -OCH3 is 2. The average Bonchev–Trinajstić information content (AvgIpc) is 4.06. The molecule has 2 fully saturated rings. The van der Waals surface area contributed by atoms with Crippen LogP contribution in [0.5, 0.6) is 11.5 Å². The number of aliphatic imine (C=N–C) groups is 1. The van der Waals surface area contributed by atoms with Gasteiger partial charge in [0, 0.05) is 59.6 Å². The number of aromatic nitrogens is 2. The smallest absolute Gasteiger partial charge is 0.407 e. The first kappa shape index (κ1) is 40.8. The number of likely N-dealkylation sites (tertiary alicyclic amines) is 2. The van der Waals surface area contributed by atoms with E-state index >= 15 is 0 Å². The van der Waals surface area contributed by atoms with E-state index in [-0.39, 0.29) is 35.7 Å². The molecule has 308 valence electrons. The highest BCUT2D eigenvalue weighted by Crippen LogP contribution is 2.43. The summed E-state index contributed by atoms with van der Waals surface area (Å²) < 4.78 is 16.1. The molecule has 0 saturated carbocycles. The molecule has 4 aliphatic rings. The number of nitrogens with zero attached hydrogens (tertiary/aromatic N) is 4. The van der Waals surface area contributed by atoms with Crippen molar-refractivity contribution in [1.29, 1.82) is 0 Å². The van der Waals surface area contributed by atoms with Crippen molar-refractivity contribution in [2.75, 3.05) is 27.3 Å². The first-order valence-corrected chi connectivity index (χ1v) is 20.5. The van der Waals surface area contributed by atoms with Crippen LogP contribution < -0.4 is 15.4 Å². The van der Waals surface area contributed by atoms with E-state index in [1.54, 1.807) is 11.1 Å². The van der Waals surface area contributed by atoms with Crippen molar-refractivity contribution in [3.63, 3.8) is 0 Å². The number of aromatic amines is 1. The molecule has 0 bridgehead atoms. The van der Waals surface area contributed by atoms with Crippen LogP contribution in [0.15, 0.2) is 47.7 Å². The van der Waals surface area contributed by atoms with Crippen molar-refractivity contribution < 1.29 is 33.4 Å². The standard InChI is InChI=1S/C43H52ClN7O7/c1-7-24(4)38(49-43(55)57-6)41(53)50-14-8-10-33(50)31-19-28(21-45-31)29-20-36-27(18-30(29)44)17-26-16-25(12-13-35(26)58-36)32-22-46-39(47-32)34-11-9-15-51(34)40(52)37(23(2)3)48-42(54)56-5/h12-13,16,18,20-24,33-34,37-38H,7-11,14-15,17,19H2,1-6H3,(H,46,47)(H,48,54)(H,49,55)/t24-,33-,34-,37-,38-/m0/s1. The largest absolute Gasteiger partial charge is 0.457 e. The molecule has 0 spiro atoms. The summed E-state index contributed by atoms with van der Waals surface area (Å²) in [7, 11) is 2.58. The Morgan fingerprint density at radius 2 is 1.55 bits per heavy atom. The van der Waals surface area contributed by atoms with Gasteiger partial charge in [0.05, 0.1) is 38.2 Å². The fourth-order valence-electron chi connectivity index (χ4n) is 8.47. The molecule has 2 aromatic carbocycles. The number of carbonyl (C=O) groups is 4. The highest BCUT2D eigenvalue weighted by Gasteiger charge is 2.40. The highest BCUT2D eigenvalue weighted by atomic mass is 35.5. The van der Waals surface area contributed by atoms with Crippen LogP contribution >= 0.6 is 11.6 Å². The molecule has 0 unspecified atom stereocenters. The number of hydrogen-bond acceptors (Lipinski definition) is 9. The molecule has 3 aromatic rings. The summed E-state index contributed by atoms with van der Waals surface area (Å²) in [5, 5.41) is 6.05. The highest BCUT2D eigenvalue weighted by molar-refractivity contribution is 6.32. The number of nitrogens with one attached hydrogen (secondary N) is 3. The first-order chi connectivity index (χ1) is 27.9. The lowest BCUT2D eigenvalue weighted by Gasteiger charge is -2.31. The van der Waals surface area contributed by atoms with E-state index in [0.29, 0.717) is 36.8 Å². The number of amides is 4. The average molecular weight is 814 g/mol. The zero-order valence-electron chi connectivity index (χ0n) is 33.9. The summed E-state index contributed by atoms with van der Waals surface area (Å²) >= 11 is 6.97. The molecular weight excluding hydrogens is 762 g/mol. The molecule has 3 N–H and O–H groups in total. The van der Waals surface area contributed by atoms with E-state index in [9.17, 15) is 19.2 Å². The summed E-state index contributed by atoms with van der Waals surface area (Å²) in [5.74, 6) is 1.73. The van der Waals surface area contributed by atoms with Crippen LogP contribution in [-0.4, -0.2) is 94.9 Å². The third-order valence-corrected chi connectivity index (χ3v) is 12.2. The monoisotopic (exact) mass is 813 g/mol. The van der Waals surface area contributed by atoms with Gasteiger partial charge in [-0.05, 0) is 79.0 Å². The van der Waals surface area contributed by atoms with Crippen molar-refractivity contribution in [1.82, 2.24) is 30.4 Å². The molecular formula is C43H52ClN7O7. The minimum atomic E-state index is -0.705. The number of rotatable bonds is 11. The molecule has 58 heavy (non-hydrogen) atoms. The molecule has 2 saturated heterocycles. The Kier molecular flexibility index (Phi) is 12.1. The first-order valence-electron chi connectivity index (χ1n) is 20.1. The molecule has 14 nitrogen and oxygen atoms in total. The maximum absolute atomic E-state index is 13.8. The summed E-state index contributed by atoms with van der Waals surface area (Å²) in [5.41, 5.74) is 6.42. The maximum Gasteiger partial charge on any atom is 0.407 e. The minimum absolute atomic E-state index is 0.0640. The lowest BCUT2D eigenvalue weighted by Crippen LogP contribution is -2.54. The molecule has 4 amide bonds. The fraction of sp³-hybridized carbons (Fsp3) is 0.488. The Balaban J connectivity index is 1.02. The minimum Gasteiger partial charge on any atom is -0.457 e. The van der Waals surface area contributed by atoms with Crippen molar-refractivity contribution in [3.8, 4) is 22.8 Å². The second-order valence-corrected chi connectivity index (χ2v) is 16.3. The van der Waals surface area contributed by atoms with Crippen LogP contribution in [0.25, 0.3) is 16.8 Å². The number of H-pyrrole nitrogens is 1. The normalized spacial score (nSPS) is 20.0.